The number of carbonyl (C=O) groups excluding carboxylic acids is 1. The van der Waals surface area contributed by atoms with E-state index >= 15 is 0 Å². The molecule has 1 aliphatic carbocycles. The Morgan fingerprint density at radius 1 is 1.21 bits per heavy atom. The average molecular weight is 582 g/mol. The molecule has 2 aromatic carbocycles. The number of amides is 1. The first-order chi connectivity index (χ1) is 15.4. The van der Waals surface area contributed by atoms with Gasteiger partial charge in [0, 0.05) is 42.4 Å². The molecule has 0 aromatic heterocycles. The Kier molecular flexibility index (Phi) is 6.72. The van der Waals surface area contributed by atoms with Crippen LogP contribution in [0.5, 0.6) is 0 Å². The molecule has 1 heterocycles. The molecule has 0 spiro atoms. The van der Waals surface area contributed by atoms with Gasteiger partial charge < -0.3 is 10.2 Å². The predicted molar refractivity (Wildman–Crippen MR) is 127 cm³/mol. The SMILES string of the molecule is CC1(C(=O)NCSc2ccc(C3=NOC(c4cc(Cl)cc(Cl)c4)(C(F)(F)F)C3)cc2Br)CC1. The largest absolute Gasteiger partial charge is 0.435 e. The van der Waals surface area contributed by atoms with E-state index in [0.717, 1.165) is 17.7 Å². The second-order valence-electron chi connectivity index (χ2n) is 8.29. The van der Waals surface area contributed by atoms with Crippen molar-refractivity contribution >= 4 is 62.5 Å². The van der Waals surface area contributed by atoms with Gasteiger partial charge in [0.2, 0.25) is 5.91 Å². The van der Waals surface area contributed by atoms with Crippen molar-refractivity contribution in [1.82, 2.24) is 5.32 Å². The Hall–Kier alpha value is -1.42. The molecule has 0 bridgehead atoms. The van der Waals surface area contributed by atoms with E-state index in [-0.39, 0.29) is 32.6 Å². The molecular weight excluding hydrogens is 564 g/mol. The van der Waals surface area contributed by atoms with Crippen molar-refractivity contribution in [3.8, 4) is 0 Å². The van der Waals surface area contributed by atoms with Crippen LogP contribution in [0, 0.1) is 5.41 Å². The quantitative estimate of drug-likeness (QED) is 0.287. The fraction of sp³-hybridized carbons (Fsp3) is 0.364. The number of alkyl halides is 3. The lowest BCUT2D eigenvalue weighted by atomic mass is 9.86. The monoisotopic (exact) mass is 580 g/mol. The number of rotatable bonds is 6. The maximum Gasteiger partial charge on any atom is 0.435 e. The molecule has 0 saturated heterocycles. The van der Waals surface area contributed by atoms with Gasteiger partial charge in [0.05, 0.1) is 11.6 Å². The summed E-state index contributed by atoms with van der Waals surface area (Å²) in [5.41, 5.74) is -2.51. The minimum Gasteiger partial charge on any atom is -0.374 e. The molecule has 2 aromatic rings. The molecule has 1 amide bonds. The van der Waals surface area contributed by atoms with E-state index in [0.29, 0.717) is 15.9 Å². The molecule has 1 N–H and O–H groups in total. The van der Waals surface area contributed by atoms with Crippen LogP contribution in [0.15, 0.2) is 50.9 Å². The normalized spacial score (nSPS) is 21.4. The summed E-state index contributed by atoms with van der Waals surface area (Å²) < 4.78 is 43.2. The summed E-state index contributed by atoms with van der Waals surface area (Å²) in [6, 6.07) is 8.86. The van der Waals surface area contributed by atoms with Gasteiger partial charge in [-0.3, -0.25) is 4.79 Å². The minimum atomic E-state index is -4.75. The molecule has 4 nitrogen and oxygen atoms in total. The molecule has 33 heavy (non-hydrogen) atoms. The summed E-state index contributed by atoms with van der Waals surface area (Å²) >= 11 is 16.8. The maximum absolute atomic E-state index is 14.2. The number of carbonyl (C=O) groups is 1. The van der Waals surface area contributed by atoms with Crippen LogP contribution in [0.2, 0.25) is 10.0 Å². The highest BCUT2D eigenvalue weighted by Crippen LogP contribution is 2.50. The third kappa shape index (κ3) is 5.01. The third-order valence-corrected chi connectivity index (χ3v) is 8.10. The Labute approximate surface area is 211 Å². The number of thioether (sulfide) groups is 1. The Morgan fingerprint density at radius 3 is 2.45 bits per heavy atom. The van der Waals surface area contributed by atoms with Crippen LogP contribution in [0.3, 0.4) is 0 Å². The third-order valence-electron chi connectivity index (χ3n) is 5.79. The smallest absolute Gasteiger partial charge is 0.374 e. The van der Waals surface area contributed by atoms with E-state index in [1.54, 1.807) is 18.2 Å². The van der Waals surface area contributed by atoms with Crippen LogP contribution in [0.4, 0.5) is 13.2 Å². The van der Waals surface area contributed by atoms with E-state index in [1.807, 2.05) is 6.92 Å². The van der Waals surface area contributed by atoms with Crippen molar-refractivity contribution in [3.63, 3.8) is 0 Å². The molecular formula is C22H18BrCl2F3N2O2S. The van der Waals surface area contributed by atoms with Gasteiger partial charge in [-0.05, 0) is 59.1 Å². The predicted octanol–water partition coefficient (Wildman–Crippen LogP) is 7.30. The zero-order valence-corrected chi connectivity index (χ0v) is 21.1. The Morgan fingerprint density at radius 2 is 1.88 bits per heavy atom. The molecule has 0 radical (unpaired) electrons. The lowest BCUT2D eigenvalue weighted by molar-refractivity contribution is -0.275. The van der Waals surface area contributed by atoms with Crippen molar-refractivity contribution in [3.05, 3.63) is 62.0 Å². The number of nitrogens with zero attached hydrogens (tertiary/aromatic N) is 1. The number of nitrogens with one attached hydrogen (secondary N) is 1. The van der Waals surface area contributed by atoms with Crippen molar-refractivity contribution < 1.29 is 22.8 Å². The Balaban J connectivity index is 1.50. The molecule has 1 saturated carbocycles. The zero-order valence-electron chi connectivity index (χ0n) is 17.2. The molecule has 11 heteroatoms. The second-order valence-corrected chi connectivity index (χ2v) is 11.0. The van der Waals surface area contributed by atoms with Gasteiger partial charge in [0.25, 0.3) is 5.60 Å². The van der Waals surface area contributed by atoms with E-state index in [9.17, 15) is 18.0 Å². The summed E-state index contributed by atoms with van der Waals surface area (Å²) in [5, 5.41) is 6.82. The van der Waals surface area contributed by atoms with Crippen molar-refractivity contribution in [2.45, 2.75) is 42.9 Å². The van der Waals surface area contributed by atoms with E-state index < -0.39 is 18.2 Å². The highest BCUT2D eigenvalue weighted by Gasteiger charge is 2.62. The zero-order chi connectivity index (χ0) is 24.0. The van der Waals surface area contributed by atoms with Gasteiger partial charge in [0.1, 0.15) is 0 Å². The molecule has 1 atom stereocenters. The van der Waals surface area contributed by atoms with E-state index in [1.165, 1.54) is 30.0 Å². The van der Waals surface area contributed by atoms with Crippen molar-refractivity contribution in [1.29, 1.82) is 0 Å². The summed E-state index contributed by atoms with van der Waals surface area (Å²) in [5.74, 6) is 0.424. The number of hydrogen-bond acceptors (Lipinski definition) is 4. The molecule has 2 aliphatic rings. The first-order valence-corrected chi connectivity index (χ1v) is 12.5. The lowest BCUT2D eigenvalue weighted by Crippen LogP contribution is -2.42. The highest BCUT2D eigenvalue weighted by atomic mass is 79.9. The van der Waals surface area contributed by atoms with Crippen LogP contribution in [0.25, 0.3) is 0 Å². The van der Waals surface area contributed by atoms with Crippen LogP contribution in [-0.4, -0.2) is 23.7 Å². The molecule has 1 fully saturated rings. The van der Waals surface area contributed by atoms with Gasteiger partial charge in [-0.2, -0.15) is 13.2 Å². The molecule has 1 aliphatic heterocycles. The van der Waals surface area contributed by atoms with Gasteiger partial charge in [0.15, 0.2) is 0 Å². The summed E-state index contributed by atoms with van der Waals surface area (Å²) in [6.07, 6.45) is -3.49. The standard InChI is InChI=1S/C22H18BrCl2F3N2O2S/c1-20(4-5-20)19(31)29-11-33-18-3-2-12(6-16(18)23)17-10-21(32-30-17,22(26,27)28)13-7-14(24)9-15(25)8-13/h2-3,6-9H,4-5,10-11H2,1H3,(H,29,31). The van der Waals surface area contributed by atoms with E-state index in [2.05, 4.69) is 26.4 Å². The number of hydrogen-bond donors (Lipinski definition) is 1. The van der Waals surface area contributed by atoms with Gasteiger partial charge >= 0.3 is 6.18 Å². The van der Waals surface area contributed by atoms with Gasteiger partial charge in [-0.15, -0.1) is 11.8 Å². The lowest BCUT2D eigenvalue weighted by Gasteiger charge is -2.29. The van der Waals surface area contributed by atoms with Crippen LogP contribution >= 0.6 is 50.9 Å². The number of halogens is 6. The van der Waals surface area contributed by atoms with Crippen molar-refractivity contribution in [2.75, 3.05) is 5.88 Å². The topological polar surface area (TPSA) is 50.7 Å². The molecule has 4 rings (SSSR count). The van der Waals surface area contributed by atoms with Gasteiger partial charge in [-0.1, -0.05) is 41.3 Å². The summed E-state index contributed by atoms with van der Waals surface area (Å²) in [6.45, 7) is 1.93. The molecule has 1 unspecified atom stereocenters. The highest BCUT2D eigenvalue weighted by molar-refractivity contribution is 9.10. The fourth-order valence-corrected chi connectivity index (χ4v) is 5.42. The first-order valence-electron chi connectivity index (χ1n) is 9.93. The van der Waals surface area contributed by atoms with Gasteiger partial charge in [-0.25, -0.2) is 0 Å². The summed E-state index contributed by atoms with van der Waals surface area (Å²) in [7, 11) is 0. The Bertz CT molecular complexity index is 1120. The maximum atomic E-state index is 14.2. The number of oxime groups is 1. The fourth-order valence-electron chi connectivity index (χ4n) is 3.45. The van der Waals surface area contributed by atoms with Crippen LogP contribution in [-0.2, 0) is 15.2 Å². The summed E-state index contributed by atoms with van der Waals surface area (Å²) in [4.78, 5) is 17.9. The minimum absolute atomic E-state index is 0.0322. The van der Waals surface area contributed by atoms with Crippen molar-refractivity contribution in [2.24, 2.45) is 10.6 Å². The molecule has 176 valence electrons. The number of benzene rings is 2. The first kappa shape index (κ1) is 24.7. The van der Waals surface area contributed by atoms with Crippen LogP contribution < -0.4 is 5.32 Å². The van der Waals surface area contributed by atoms with E-state index in [4.69, 9.17) is 28.0 Å². The average Bonchev–Trinajstić information content (AvgIpc) is 3.31. The second kappa shape index (κ2) is 8.98. The van der Waals surface area contributed by atoms with Crippen LogP contribution in [0.1, 0.15) is 37.3 Å².